The molecule has 0 radical (unpaired) electrons. The second kappa shape index (κ2) is 6.35. The van der Waals surface area contributed by atoms with E-state index in [0.29, 0.717) is 11.6 Å². The van der Waals surface area contributed by atoms with Gasteiger partial charge in [0.15, 0.2) is 0 Å². The van der Waals surface area contributed by atoms with Crippen LogP contribution in [-0.2, 0) is 4.79 Å². The van der Waals surface area contributed by atoms with Gasteiger partial charge < -0.3 is 5.32 Å². The van der Waals surface area contributed by atoms with Crippen LogP contribution in [0.4, 0.5) is 5.69 Å². The molecule has 1 aliphatic carbocycles. The van der Waals surface area contributed by atoms with Gasteiger partial charge in [-0.3, -0.25) is 4.79 Å². The van der Waals surface area contributed by atoms with Gasteiger partial charge in [0, 0.05) is 17.0 Å². The van der Waals surface area contributed by atoms with Crippen LogP contribution in [0.1, 0.15) is 40.6 Å². The summed E-state index contributed by atoms with van der Waals surface area (Å²) in [6.07, 6.45) is 3.94. The summed E-state index contributed by atoms with van der Waals surface area (Å²) in [6, 6.07) is 7.75. The van der Waals surface area contributed by atoms with Gasteiger partial charge in [0.25, 0.3) is 5.91 Å². The van der Waals surface area contributed by atoms with Crippen LogP contribution in [0.5, 0.6) is 0 Å². The average Bonchev–Trinajstić information content (AvgIpc) is 3.27. The average molecular weight is 323 g/mol. The molecular formula is C18H17N3OS. The number of nitrogens with zero attached hydrogens (tertiary/aromatic N) is 2. The van der Waals surface area contributed by atoms with Gasteiger partial charge in [-0.2, -0.15) is 5.26 Å². The lowest BCUT2D eigenvalue weighted by molar-refractivity contribution is -0.112. The number of anilines is 1. The number of aryl methyl sites for hydroxylation is 2. The van der Waals surface area contributed by atoms with Crippen molar-refractivity contribution in [2.75, 3.05) is 5.32 Å². The van der Waals surface area contributed by atoms with E-state index in [1.165, 1.54) is 12.8 Å². The molecule has 1 heterocycles. The number of thiazole rings is 1. The smallest absolute Gasteiger partial charge is 0.266 e. The Morgan fingerprint density at radius 3 is 2.87 bits per heavy atom. The van der Waals surface area contributed by atoms with Crippen LogP contribution in [0.2, 0.25) is 0 Å². The van der Waals surface area contributed by atoms with Crippen molar-refractivity contribution in [2.45, 2.75) is 32.6 Å². The monoisotopic (exact) mass is 323 g/mol. The predicted molar refractivity (Wildman–Crippen MR) is 92.2 cm³/mol. The first-order chi connectivity index (χ1) is 11.1. The number of aromatic nitrogens is 1. The van der Waals surface area contributed by atoms with E-state index in [2.05, 4.69) is 10.3 Å². The Morgan fingerprint density at radius 1 is 1.43 bits per heavy atom. The van der Waals surface area contributed by atoms with Crippen LogP contribution < -0.4 is 5.32 Å². The Balaban J connectivity index is 1.77. The highest BCUT2D eigenvalue weighted by Gasteiger charge is 2.26. The maximum Gasteiger partial charge on any atom is 0.266 e. The minimum absolute atomic E-state index is 0.0672. The van der Waals surface area contributed by atoms with Crippen molar-refractivity contribution in [3.63, 3.8) is 0 Å². The van der Waals surface area contributed by atoms with E-state index in [1.807, 2.05) is 43.5 Å². The van der Waals surface area contributed by atoms with Crippen molar-refractivity contribution in [1.82, 2.24) is 4.98 Å². The summed E-state index contributed by atoms with van der Waals surface area (Å²) in [7, 11) is 0. The van der Waals surface area contributed by atoms with Crippen LogP contribution >= 0.6 is 11.3 Å². The van der Waals surface area contributed by atoms with Crippen molar-refractivity contribution < 1.29 is 4.79 Å². The molecule has 1 saturated carbocycles. The second-order valence-corrected chi connectivity index (χ2v) is 6.72. The summed E-state index contributed by atoms with van der Waals surface area (Å²) in [5.74, 6) is 0.178. The van der Waals surface area contributed by atoms with Crippen LogP contribution in [-0.4, -0.2) is 10.9 Å². The lowest BCUT2D eigenvalue weighted by atomic mass is 10.1. The van der Waals surface area contributed by atoms with E-state index < -0.39 is 5.91 Å². The molecule has 0 aliphatic heterocycles. The molecule has 0 saturated heterocycles. The molecule has 5 heteroatoms. The first kappa shape index (κ1) is 15.4. The second-order valence-electron chi connectivity index (χ2n) is 5.83. The lowest BCUT2D eigenvalue weighted by Gasteiger charge is -2.08. The Bertz CT molecular complexity index is 825. The zero-order valence-corrected chi connectivity index (χ0v) is 13.9. The summed E-state index contributed by atoms with van der Waals surface area (Å²) in [4.78, 5) is 16.8. The number of nitriles is 1. The minimum Gasteiger partial charge on any atom is -0.321 e. The van der Waals surface area contributed by atoms with Gasteiger partial charge in [-0.15, -0.1) is 11.3 Å². The molecule has 0 atom stereocenters. The molecule has 3 rings (SSSR count). The maximum absolute atomic E-state index is 12.3. The molecule has 1 fully saturated rings. The summed E-state index contributed by atoms with van der Waals surface area (Å²) in [5, 5.41) is 15.1. The minimum atomic E-state index is -0.402. The molecular weight excluding hydrogens is 306 g/mol. The molecule has 23 heavy (non-hydrogen) atoms. The molecule has 0 unspecified atom stereocenters. The summed E-state index contributed by atoms with van der Waals surface area (Å²) >= 11 is 1.60. The number of rotatable bonds is 4. The highest BCUT2D eigenvalue weighted by atomic mass is 32.1. The molecule has 116 valence electrons. The normalized spacial score (nSPS) is 14.4. The van der Waals surface area contributed by atoms with Gasteiger partial charge in [-0.1, -0.05) is 17.7 Å². The quantitative estimate of drug-likeness (QED) is 0.678. The number of benzene rings is 1. The summed E-state index contributed by atoms with van der Waals surface area (Å²) in [5.41, 5.74) is 3.58. The van der Waals surface area contributed by atoms with E-state index in [-0.39, 0.29) is 5.57 Å². The molecule has 4 nitrogen and oxygen atoms in total. The van der Waals surface area contributed by atoms with Crippen molar-refractivity contribution in [3.8, 4) is 6.07 Å². The van der Waals surface area contributed by atoms with Crippen molar-refractivity contribution in [2.24, 2.45) is 0 Å². The Kier molecular flexibility index (Phi) is 4.26. The molecule has 1 N–H and O–H groups in total. The van der Waals surface area contributed by atoms with Crippen molar-refractivity contribution in [3.05, 3.63) is 51.0 Å². The van der Waals surface area contributed by atoms with E-state index in [1.54, 1.807) is 17.4 Å². The highest BCUT2D eigenvalue weighted by Crippen LogP contribution is 2.41. The first-order valence-corrected chi connectivity index (χ1v) is 8.40. The fourth-order valence-electron chi connectivity index (χ4n) is 2.32. The van der Waals surface area contributed by atoms with Gasteiger partial charge in [0.05, 0.1) is 10.7 Å². The molecule has 1 amide bonds. The van der Waals surface area contributed by atoms with Crippen LogP contribution in [0, 0.1) is 25.2 Å². The van der Waals surface area contributed by atoms with Crippen LogP contribution in [0.3, 0.4) is 0 Å². The SMILES string of the molecule is Cc1ccc(NC(=O)C(C#N)=Cc2csc(C3CC3)n2)c(C)c1. The molecule has 0 bridgehead atoms. The van der Waals surface area contributed by atoms with Crippen molar-refractivity contribution >= 4 is 29.0 Å². The first-order valence-electron chi connectivity index (χ1n) is 7.52. The molecule has 1 aliphatic rings. The third-order valence-corrected chi connectivity index (χ3v) is 4.78. The third-order valence-electron chi connectivity index (χ3n) is 3.75. The topological polar surface area (TPSA) is 65.8 Å². The van der Waals surface area contributed by atoms with E-state index in [9.17, 15) is 10.1 Å². The zero-order chi connectivity index (χ0) is 16.4. The van der Waals surface area contributed by atoms with E-state index in [0.717, 1.165) is 21.8 Å². The molecule has 1 aromatic heterocycles. The van der Waals surface area contributed by atoms with Crippen LogP contribution in [0.15, 0.2) is 29.2 Å². The molecule has 0 spiro atoms. The van der Waals surface area contributed by atoms with Crippen molar-refractivity contribution in [1.29, 1.82) is 5.26 Å². The van der Waals surface area contributed by atoms with Gasteiger partial charge in [-0.25, -0.2) is 4.98 Å². The van der Waals surface area contributed by atoms with Gasteiger partial charge >= 0.3 is 0 Å². The van der Waals surface area contributed by atoms with Crippen LogP contribution in [0.25, 0.3) is 6.08 Å². The number of carbonyl (C=O) groups excluding carboxylic acids is 1. The highest BCUT2D eigenvalue weighted by molar-refractivity contribution is 7.09. The molecule has 1 aromatic carbocycles. The fourth-order valence-corrected chi connectivity index (χ4v) is 3.27. The largest absolute Gasteiger partial charge is 0.321 e. The number of nitrogens with one attached hydrogen (secondary N) is 1. The zero-order valence-electron chi connectivity index (χ0n) is 13.1. The predicted octanol–water partition coefficient (Wildman–Crippen LogP) is 4.18. The van der Waals surface area contributed by atoms with E-state index in [4.69, 9.17) is 0 Å². The van der Waals surface area contributed by atoms with Gasteiger partial charge in [0.1, 0.15) is 11.6 Å². The summed E-state index contributed by atoms with van der Waals surface area (Å²) < 4.78 is 0. The van der Waals surface area contributed by atoms with E-state index >= 15 is 0 Å². The number of hydrogen-bond acceptors (Lipinski definition) is 4. The number of amides is 1. The summed E-state index contributed by atoms with van der Waals surface area (Å²) in [6.45, 7) is 3.93. The Morgan fingerprint density at radius 2 is 2.22 bits per heavy atom. The Hall–Kier alpha value is -2.45. The maximum atomic E-state index is 12.3. The lowest BCUT2D eigenvalue weighted by Crippen LogP contribution is -2.14. The third kappa shape index (κ3) is 3.66. The Labute approximate surface area is 139 Å². The standard InChI is InChI=1S/C18H17N3OS/c1-11-3-6-16(12(2)7-11)21-17(22)14(9-19)8-15-10-23-18(20-15)13-4-5-13/h3,6-8,10,13H,4-5H2,1-2H3,(H,21,22). The number of hydrogen-bond donors (Lipinski definition) is 1. The molecule has 2 aromatic rings. The fraction of sp³-hybridized carbons (Fsp3) is 0.278. The number of carbonyl (C=O) groups is 1. The van der Waals surface area contributed by atoms with Gasteiger partial charge in [0.2, 0.25) is 0 Å². The van der Waals surface area contributed by atoms with Gasteiger partial charge in [-0.05, 0) is 44.4 Å².